The van der Waals surface area contributed by atoms with E-state index in [2.05, 4.69) is 15.0 Å². The van der Waals surface area contributed by atoms with Crippen LogP contribution in [0.3, 0.4) is 0 Å². The lowest BCUT2D eigenvalue weighted by atomic mass is 9.92. The van der Waals surface area contributed by atoms with Crippen LogP contribution in [-0.2, 0) is 0 Å². The molecule has 1 aliphatic carbocycles. The van der Waals surface area contributed by atoms with E-state index in [4.69, 9.17) is 23.2 Å². The van der Waals surface area contributed by atoms with Gasteiger partial charge in [-0.15, -0.1) is 0 Å². The van der Waals surface area contributed by atoms with E-state index in [1.807, 2.05) is 0 Å². The van der Waals surface area contributed by atoms with Crippen LogP contribution >= 0.6 is 23.2 Å². The minimum Gasteiger partial charge on any atom is -0.335 e. The first-order chi connectivity index (χ1) is 12.1. The Labute approximate surface area is 152 Å². The Morgan fingerprint density at radius 1 is 0.920 bits per heavy atom. The number of H-pyrrole nitrogens is 1. The SMILES string of the molecule is O=C1C(c2ccc(Cl)cc2)=C(Cl)C(=O)c2[nH]c(-c3cccnc3)nc21. The molecule has 0 unspecified atom stereocenters. The Hall–Kier alpha value is -2.76. The highest BCUT2D eigenvalue weighted by molar-refractivity contribution is 6.56. The number of carbonyl (C=O) groups is 2. The zero-order valence-corrected chi connectivity index (χ0v) is 14.1. The Kier molecular flexibility index (Phi) is 3.75. The highest BCUT2D eigenvalue weighted by Gasteiger charge is 2.35. The third kappa shape index (κ3) is 2.58. The largest absolute Gasteiger partial charge is 0.335 e. The number of rotatable bonds is 2. The number of allylic oxidation sites excluding steroid dienone is 2. The Bertz CT molecular complexity index is 1040. The van der Waals surface area contributed by atoms with Crippen molar-refractivity contribution in [3.63, 3.8) is 0 Å². The summed E-state index contributed by atoms with van der Waals surface area (Å²) in [6, 6.07) is 10.1. The monoisotopic (exact) mass is 369 g/mol. The van der Waals surface area contributed by atoms with E-state index in [0.29, 0.717) is 22.0 Å². The van der Waals surface area contributed by atoms with E-state index < -0.39 is 11.6 Å². The minimum absolute atomic E-state index is 0.0539. The summed E-state index contributed by atoms with van der Waals surface area (Å²) < 4.78 is 0. The van der Waals surface area contributed by atoms with Crippen molar-refractivity contribution in [3.8, 4) is 11.4 Å². The van der Waals surface area contributed by atoms with Crippen molar-refractivity contribution in [2.75, 3.05) is 0 Å². The van der Waals surface area contributed by atoms with Crippen LogP contribution in [0.4, 0.5) is 0 Å². The van der Waals surface area contributed by atoms with Gasteiger partial charge in [0.25, 0.3) is 0 Å². The number of Topliss-reactive ketones (excluding diaryl/α,β-unsaturated/α-hetero) is 2. The second-order valence-electron chi connectivity index (χ2n) is 5.40. The molecule has 0 radical (unpaired) electrons. The molecule has 1 aromatic carbocycles. The van der Waals surface area contributed by atoms with E-state index in [1.54, 1.807) is 48.8 Å². The van der Waals surface area contributed by atoms with Gasteiger partial charge in [0.2, 0.25) is 11.6 Å². The predicted molar refractivity (Wildman–Crippen MR) is 94.7 cm³/mol. The molecule has 2 aromatic heterocycles. The molecule has 3 aromatic rings. The normalized spacial score (nSPS) is 14.0. The highest BCUT2D eigenvalue weighted by Crippen LogP contribution is 2.34. The molecule has 2 heterocycles. The molecule has 1 aliphatic rings. The number of pyridine rings is 1. The number of nitrogens with one attached hydrogen (secondary N) is 1. The lowest BCUT2D eigenvalue weighted by molar-refractivity contribution is 0.0993. The molecule has 0 aliphatic heterocycles. The number of hydrogen-bond donors (Lipinski definition) is 1. The number of nitrogens with zero attached hydrogens (tertiary/aromatic N) is 2. The van der Waals surface area contributed by atoms with Gasteiger partial charge in [-0.05, 0) is 29.8 Å². The van der Waals surface area contributed by atoms with Gasteiger partial charge in [0.15, 0.2) is 0 Å². The third-order valence-electron chi connectivity index (χ3n) is 3.86. The second kappa shape index (κ2) is 5.95. The van der Waals surface area contributed by atoms with Crippen LogP contribution in [0, 0.1) is 0 Å². The Morgan fingerprint density at radius 3 is 2.36 bits per heavy atom. The van der Waals surface area contributed by atoms with Crippen LogP contribution in [0.5, 0.6) is 0 Å². The fourth-order valence-electron chi connectivity index (χ4n) is 2.66. The number of imidazole rings is 1. The summed E-state index contributed by atoms with van der Waals surface area (Å²) in [6.45, 7) is 0. The van der Waals surface area contributed by atoms with Gasteiger partial charge in [-0.2, -0.15) is 0 Å². The topological polar surface area (TPSA) is 75.7 Å². The lowest BCUT2D eigenvalue weighted by Crippen LogP contribution is -2.19. The first kappa shape index (κ1) is 15.7. The number of benzene rings is 1. The maximum absolute atomic E-state index is 12.9. The summed E-state index contributed by atoms with van der Waals surface area (Å²) in [5, 5.41) is 0.385. The molecule has 0 fully saturated rings. The summed E-state index contributed by atoms with van der Waals surface area (Å²) in [5.41, 5.74) is 1.45. The van der Waals surface area contributed by atoms with E-state index in [9.17, 15) is 9.59 Å². The number of fused-ring (bicyclic) bond motifs is 1. The van der Waals surface area contributed by atoms with Crippen LogP contribution in [0.2, 0.25) is 5.02 Å². The molecule has 0 saturated heterocycles. The number of aromatic amines is 1. The maximum atomic E-state index is 12.9. The quantitative estimate of drug-likeness (QED) is 0.735. The van der Waals surface area contributed by atoms with Gasteiger partial charge in [-0.1, -0.05) is 35.3 Å². The zero-order valence-electron chi connectivity index (χ0n) is 12.6. The van der Waals surface area contributed by atoms with Gasteiger partial charge in [0.05, 0.1) is 5.57 Å². The van der Waals surface area contributed by atoms with Crippen LogP contribution in [0.25, 0.3) is 17.0 Å². The van der Waals surface area contributed by atoms with Crippen LogP contribution in [-0.4, -0.2) is 26.5 Å². The molecule has 0 saturated carbocycles. The van der Waals surface area contributed by atoms with Gasteiger partial charge >= 0.3 is 0 Å². The minimum atomic E-state index is -0.469. The van der Waals surface area contributed by atoms with E-state index in [-0.39, 0.29) is 22.0 Å². The number of ketones is 2. The molecule has 25 heavy (non-hydrogen) atoms. The lowest BCUT2D eigenvalue weighted by Gasteiger charge is -2.14. The summed E-state index contributed by atoms with van der Waals surface area (Å²) in [4.78, 5) is 36.7. The molecule has 0 spiro atoms. The van der Waals surface area contributed by atoms with Gasteiger partial charge in [0.1, 0.15) is 22.2 Å². The van der Waals surface area contributed by atoms with Crippen molar-refractivity contribution < 1.29 is 9.59 Å². The van der Waals surface area contributed by atoms with Crippen molar-refractivity contribution in [2.45, 2.75) is 0 Å². The Balaban J connectivity index is 1.84. The summed E-state index contributed by atoms with van der Waals surface area (Å²) in [6.07, 6.45) is 3.22. The first-order valence-electron chi connectivity index (χ1n) is 7.32. The standard InChI is InChI=1S/C18H9Cl2N3O2/c19-11-5-3-9(4-6-11)12-13(20)17(25)15-14(16(12)24)22-18(23-15)10-2-1-7-21-8-10/h1-8H,(H,22,23). The maximum Gasteiger partial charge on any atom is 0.223 e. The first-order valence-corrected chi connectivity index (χ1v) is 8.07. The van der Waals surface area contributed by atoms with Crippen molar-refractivity contribution in [2.24, 2.45) is 0 Å². The van der Waals surface area contributed by atoms with Crippen molar-refractivity contribution >= 4 is 40.3 Å². The molecule has 7 heteroatoms. The molecule has 0 amide bonds. The molecule has 122 valence electrons. The number of halogens is 2. The summed E-state index contributed by atoms with van der Waals surface area (Å²) in [5.74, 6) is -0.487. The van der Waals surface area contributed by atoms with Gasteiger partial charge in [-0.25, -0.2) is 4.98 Å². The van der Waals surface area contributed by atoms with Crippen LogP contribution < -0.4 is 0 Å². The molecule has 0 atom stereocenters. The van der Waals surface area contributed by atoms with Gasteiger partial charge in [0, 0.05) is 23.0 Å². The van der Waals surface area contributed by atoms with Crippen molar-refractivity contribution in [1.82, 2.24) is 15.0 Å². The fourth-order valence-corrected chi connectivity index (χ4v) is 3.07. The highest BCUT2D eigenvalue weighted by atomic mass is 35.5. The van der Waals surface area contributed by atoms with E-state index in [1.165, 1.54) is 0 Å². The van der Waals surface area contributed by atoms with E-state index >= 15 is 0 Å². The summed E-state index contributed by atoms with van der Waals surface area (Å²) in [7, 11) is 0. The fraction of sp³-hybridized carbons (Fsp3) is 0. The average molecular weight is 370 g/mol. The van der Waals surface area contributed by atoms with Crippen molar-refractivity contribution in [1.29, 1.82) is 0 Å². The second-order valence-corrected chi connectivity index (χ2v) is 6.22. The molecule has 1 N–H and O–H groups in total. The zero-order chi connectivity index (χ0) is 17.6. The Morgan fingerprint density at radius 2 is 1.68 bits per heavy atom. The molecule has 4 rings (SSSR count). The van der Waals surface area contributed by atoms with Crippen molar-refractivity contribution in [3.05, 3.63) is 75.8 Å². The van der Waals surface area contributed by atoms with Gasteiger partial charge in [-0.3, -0.25) is 14.6 Å². The predicted octanol–water partition coefficient (Wildman–Crippen LogP) is 4.15. The molecule has 5 nitrogen and oxygen atoms in total. The van der Waals surface area contributed by atoms with E-state index in [0.717, 1.165) is 0 Å². The molecule has 0 bridgehead atoms. The average Bonchev–Trinajstić information content (AvgIpc) is 3.08. The smallest absolute Gasteiger partial charge is 0.223 e. The molecular weight excluding hydrogens is 361 g/mol. The van der Waals surface area contributed by atoms with Gasteiger partial charge < -0.3 is 4.98 Å². The summed E-state index contributed by atoms with van der Waals surface area (Å²) >= 11 is 12.1. The third-order valence-corrected chi connectivity index (χ3v) is 4.47. The van der Waals surface area contributed by atoms with Crippen LogP contribution in [0.1, 0.15) is 26.5 Å². The number of hydrogen-bond acceptors (Lipinski definition) is 4. The number of aromatic nitrogens is 3. The number of carbonyl (C=O) groups excluding carboxylic acids is 2. The molecular formula is C18H9Cl2N3O2. The van der Waals surface area contributed by atoms with Crippen LogP contribution in [0.15, 0.2) is 53.8 Å².